The maximum atomic E-state index is 11.8. The normalized spacial score (nSPS) is 10.3. The van der Waals surface area contributed by atoms with Gasteiger partial charge in [0.15, 0.2) is 6.61 Å². The SMILES string of the molecule is C#CCOc1ccc(Br)cc1/C=N\NC(=O)COc1ccccc1Cl. The summed E-state index contributed by atoms with van der Waals surface area (Å²) in [7, 11) is 0. The lowest BCUT2D eigenvalue weighted by Gasteiger charge is -2.07. The molecule has 5 nitrogen and oxygen atoms in total. The van der Waals surface area contributed by atoms with Crippen LogP contribution in [-0.2, 0) is 4.79 Å². The summed E-state index contributed by atoms with van der Waals surface area (Å²) in [5.41, 5.74) is 3.04. The van der Waals surface area contributed by atoms with Gasteiger partial charge in [0, 0.05) is 10.0 Å². The number of carbonyl (C=O) groups is 1. The number of amides is 1. The fourth-order valence-corrected chi connectivity index (χ4v) is 2.35. The van der Waals surface area contributed by atoms with Crippen molar-refractivity contribution in [3.05, 3.63) is 57.5 Å². The van der Waals surface area contributed by atoms with Crippen molar-refractivity contribution < 1.29 is 14.3 Å². The van der Waals surface area contributed by atoms with Crippen LogP contribution >= 0.6 is 27.5 Å². The van der Waals surface area contributed by atoms with Crippen molar-refractivity contribution in [3.8, 4) is 23.8 Å². The van der Waals surface area contributed by atoms with Crippen LogP contribution in [0.3, 0.4) is 0 Å². The van der Waals surface area contributed by atoms with E-state index in [-0.39, 0.29) is 13.2 Å². The second kappa shape index (κ2) is 9.72. The Morgan fingerprint density at radius 2 is 2.08 bits per heavy atom. The molecule has 0 radical (unpaired) electrons. The molecule has 0 fully saturated rings. The van der Waals surface area contributed by atoms with E-state index in [9.17, 15) is 4.79 Å². The molecule has 25 heavy (non-hydrogen) atoms. The molecule has 0 aliphatic rings. The second-order valence-corrected chi connectivity index (χ2v) is 6.01. The summed E-state index contributed by atoms with van der Waals surface area (Å²) >= 11 is 9.31. The third-order valence-electron chi connectivity index (χ3n) is 2.87. The first-order chi connectivity index (χ1) is 12.1. The summed E-state index contributed by atoms with van der Waals surface area (Å²) < 4.78 is 11.6. The van der Waals surface area contributed by atoms with Gasteiger partial charge in [0.25, 0.3) is 5.91 Å². The van der Waals surface area contributed by atoms with Crippen molar-refractivity contribution >= 4 is 39.7 Å². The summed E-state index contributed by atoms with van der Waals surface area (Å²) in [6.45, 7) is -0.0689. The predicted octanol–water partition coefficient (Wildman–Crippen LogP) is 3.64. The van der Waals surface area contributed by atoms with Gasteiger partial charge < -0.3 is 9.47 Å². The molecule has 0 aromatic heterocycles. The first-order valence-corrected chi connectivity index (χ1v) is 8.32. The molecular formula is C18H14BrClN2O3. The highest BCUT2D eigenvalue weighted by molar-refractivity contribution is 9.10. The molecule has 1 amide bonds. The van der Waals surface area contributed by atoms with E-state index in [1.807, 2.05) is 6.07 Å². The van der Waals surface area contributed by atoms with Crippen molar-refractivity contribution in [2.75, 3.05) is 13.2 Å². The van der Waals surface area contributed by atoms with Gasteiger partial charge in [0.05, 0.1) is 11.2 Å². The highest BCUT2D eigenvalue weighted by Crippen LogP contribution is 2.23. The molecule has 0 saturated carbocycles. The van der Waals surface area contributed by atoms with Crippen molar-refractivity contribution in [2.45, 2.75) is 0 Å². The molecule has 0 unspecified atom stereocenters. The van der Waals surface area contributed by atoms with E-state index in [1.165, 1.54) is 6.21 Å². The maximum absolute atomic E-state index is 11.8. The molecule has 0 bridgehead atoms. The first kappa shape index (κ1) is 18.8. The minimum absolute atomic E-state index is 0.139. The zero-order chi connectivity index (χ0) is 18.1. The van der Waals surface area contributed by atoms with E-state index in [1.54, 1.807) is 36.4 Å². The topological polar surface area (TPSA) is 59.9 Å². The van der Waals surface area contributed by atoms with Crippen LogP contribution in [0.25, 0.3) is 0 Å². The van der Waals surface area contributed by atoms with Crippen LogP contribution in [0.4, 0.5) is 0 Å². The zero-order valence-corrected chi connectivity index (χ0v) is 15.4. The molecular weight excluding hydrogens is 408 g/mol. The average molecular weight is 422 g/mol. The van der Waals surface area contributed by atoms with Crippen LogP contribution in [0.2, 0.25) is 5.02 Å². The van der Waals surface area contributed by atoms with Gasteiger partial charge in [-0.2, -0.15) is 5.10 Å². The molecule has 0 heterocycles. The van der Waals surface area contributed by atoms with E-state index in [0.29, 0.717) is 22.1 Å². The first-order valence-electron chi connectivity index (χ1n) is 7.15. The molecule has 2 rings (SSSR count). The summed E-state index contributed by atoms with van der Waals surface area (Å²) in [4.78, 5) is 11.8. The quantitative estimate of drug-likeness (QED) is 0.422. The lowest BCUT2D eigenvalue weighted by molar-refractivity contribution is -0.123. The molecule has 7 heteroatoms. The summed E-state index contributed by atoms with van der Waals surface area (Å²) in [5.74, 6) is 2.97. The van der Waals surface area contributed by atoms with E-state index in [4.69, 9.17) is 27.5 Å². The van der Waals surface area contributed by atoms with E-state index < -0.39 is 5.91 Å². The Kier molecular flexibility index (Phi) is 7.33. The molecule has 128 valence electrons. The van der Waals surface area contributed by atoms with Crippen LogP contribution in [0.1, 0.15) is 5.56 Å². The molecule has 2 aromatic rings. The van der Waals surface area contributed by atoms with E-state index >= 15 is 0 Å². The van der Waals surface area contributed by atoms with Gasteiger partial charge in [-0.3, -0.25) is 4.79 Å². The Morgan fingerprint density at radius 1 is 1.28 bits per heavy atom. The van der Waals surface area contributed by atoms with Crippen LogP contribution in [0, 0.1) is 12.3 Å². The van der Waals surface area contributed by atoms with Crippen molar-refractivity contribution in [1.29, 1.82) is 0 Å². The number of halogens is 2. The van der Waals surface area contributed by atoms with Crippen LogP contribution in [0.15, 0.2) is 52.0 Å². The number of para-hydroxylation sites is 1. The van der Waals surface area contributed by atoms with Gasteiger partial charge in [-0.15, -0.1) is 6.42 Å². The number of nitrogens with one attached hydrogen (secondary N) is 1. The number of benzene rings is 2. The minimum atomic E-state index is -0.419. The van der Waals surface area contributed by atoms with Crippen LogP contribution in [0.5, 0.6) is 11.5 Å². The number of carbonyl (C=O) groups excluding carboxylic acids is 1. The largest absolute Gasteiger partial charge is 0.482 e. The Labute approximate surface area is 159 Å². The molecule has 0 atom stereocenters. The van der Waals surface area contributed by atoms with Gasteiger partial charge in [-0.05, 0) is 30.3 Å². The summed E-state index contributed by atoms with van der Waals surface area (Å²) in [6, 6.07) is 12.3. The van der Waals surface area contributed by atoms with Gasteiger partial charge in [0.1, 0.15) is 18.1 Å². The predicted molar refractivity (Wildman–Crippen MR) is 101 cm³/mol. The molecule has 2 aromatic carbocycles. The number of ether oxygens (including phenoxy) is 2. The lowest BCUT2D eigenvalue weighted by atomic mass is 10.2. The Bertz CT molecular complexity index is 818. The number of hydrogen-bond donors (Lipinski definition) is 1. The fourth-order valence-electron chi connectivity index (χ4n) is 1.78. The fraction of sp³-hybridized carbons (Fsp3) is 0.111. The smallest absolute Gasteiger partial charge is 0.277 e. The number of hydrogen-bond acceptors (Lipinski definition) is 4. The summed E-state index contributed by atoms with van der Waals surface area (Å²) in [5, 5.41) is 4.33. The Morgan fingerprint density at radius 3 is 2.84 bits per heavy atom. The lowest BCUT2D eigenvalue weighted by Crippen LogP contribution is -2.24. The highest BCUT2D eigenvalue weighted by Gasteiger charge is 2.05. The Hall–Kier alpha value is -2.49. The van der Waals surface area contributed by atoms with E-state index in [2.05, 4.69) is 32.4 Å². The molecule has 0 aliphatic carbocycles. The number of rotatable bonds is 7. The van der Waals surface area contributed by atoms with E-state index in [0.717, 1.165) is 4.47 Å². The molecule has 0 saturated heterocycles. The third-order valence-corrected chi connectivity index (χ3v) is 3.68. The molecule has 0 spiro atoms. The van der Waals surface area contributed by atoms with Crippen LogP contribution in [-0.4, -0.2) is 25.3 Å². The molecule has 1 N–H and O–H groups in total. The standard InChI is InChI=1S/C18H14BrClN2O3/c1-2-9-24-16-8-7-14(19)10-13(16)11-21-22-18(23)12-25-17-6-4-3-5-15(17)20/h1,3-8,10-11H,9,12H2,(H,22,23)/b21-11-. The second-order valence-electron chi connectivity index (χ2n) is 4.69. The van der Waals surface area contributed by atoms with Gasteiger partial charge in [-0.1, -0.05) is 45.6 Å². The highest BCUT2D eigenvalue weighted by atomic mass is 79.9. The van der Waals surface area contributed by atoms with Crippen molar-refractivity contribution in [1.82, 2.24) is 5.43 Å². The zero-order valence-electron chi connectivity index (χ0n) is 13.0. The third kappa shape index (κ3) is 6.14. The number of terminal acetylenes is 1. The molecule has 0 aliphatic heterocycles. The van der Waals surface area contributed by atoms with Gasteiger partial charge in [0.2, 0.25) is 0 Å². The van der Waals surface area contributed by atoms with Crippen LogP contribution < -0.4 is 14.9 Å². The summed E-state index contributed by atoms with van der Waals surface area (Å²) in [6.07, 6.45) is 6.65. The average Bonchev–Trinajstić information content (AvgIpc) is 2.60. The monoisotopic (exact) mass is 420 g/mol. The van der Waals surface area contributed by atoms with Crippen molar-refractivity contribution in [2.24, 2.45) is 5.10 Å². The van der Waals surface area contributed by atoms with Gasteiger partial charge in [-0.25, -0.2) is 5.43 Å². The Balaban J connectivity index is 1.92. The minimum Gasteiger partial charge on any atom is -0.482 e. The number of hydrazone groups is 1. The van der Waals surface area contributed by atoms with Crippen molar-refractivity contribution in [3.63, 3.8) is 0 Å². The number of nitrogens with zero attached hydrogens (tertiary/aromatic N) is 1. The van der Waals surface area contributed by atoms with Gasteiger partial charge >= 0.3 is 0 Å². The maximum Gasteiger partial charge on any atom is 0.277 e.